The highest BCUT2D eigenvalue weighted by molar-refractivity contribution is 6.11. The third-order valence-electron chi connectivity index (χ3n) is 5.12. The zero-order chi connectivity index (χ0) is 27.7. The van der Waals surface area contributed by atoms with Crippen molar-refractivity contribution in [3.8, 4) is 23.0 Å². The van der Waals surface area contributed by atoms with Crippen molar-refractivity contribution in [2.24, 2.45) is 11.5 Å². The van der Waals surface area contributed by atoms with Crippen LogP contribution in [0.5, 0.6) is 23.0 Å². The molecule has 2 aromatic rings. The molecular weight excluding hydrogens is 551 g/mol. The summed E-state index contributed by atoms with van der Waals surface area (Å²) in [5, 5.41) is 19.8. The van der Waals surface area contributed by atoms with Crippen LogP contribution in [0.2, 0.25) is 0 Å². The molecule has 2 aromatic carbocycles. The van der Waals surface area contributed by atoms with E-state index in [0.29, 0.717) is 11.1 Å². The Morgan fingerprint density at radius 1 is 0.795 bits per heavy atom. The zero-order valence-corrected chi connectivity index (χ0v) is 23.2. The van der Waals surface area contributed by atoms with Crippen LogP contribution in [0.25, 0.3) is 12.2 Å². The number of halogens is 2. The first-order valence-electron chi connectivity index (χ1n) is 11.3. The summed E-state index contributed by atoms with van der Waals surface area (Å²) in [6.45, 7) is 2.80. The lowest BCUT2D eigenvalue weighted by Gasteiger charge is -2.21. The first-order valence-corrected chi connectivity index (χ1v) is 11.3. The maximum atomic E-state index is 12.4. The van der Waals surface area contributed by atoms with Gasteiger partial charge in [0.25, 0.3) is 0 Å². The molecule has 12 heteroatoms. The van der Waals surface area contributed by atoms with Crippen molar-refractivity contribution in [2.75, 3.05) is 7.11 Å². The second-order valence-electron chi connectivity index (χ2n) is 8.31. The van der Waals surface area contributed by atoms with Crippen molar-refractivity contribution in [1.29, 1.82) is 0 Å². The van der Waals surface area contributed by atoms with E-state index in [-0.39, 0.29) is 47.8 Å². The van der Waals surface area contributed by atoms with Crippen molar-refractivity contribution in [1.82, 2.24) is 0 Å². The number of phenolic OH excluding ortho intramolecular Hbond substituents is 2. The van der Waals surface area contributed by atoms with Crippen LogP contribution in [-0.4, -0.2) is 58.6 Å². The average molecular weight is 583 g/mol. The Kier molecular flexibility index (Phi) is 14.8. The highest BCUT2D eigenvalue weighted by Crippen LogP contribution is 2.29. The van der Waals surface area contributed by atoms with Crippen LogP contribution >= 0.6 is 24.8 Å². The summed E-state index contributed by atoms with van der Waals surface area (Å²) < 4.78 is 10.5. The minimum Gasteiger partial charge on any atom is -0.504 e. The molecule has 0 aliphatic carbocycles. The maximum absolute atomic E-state index is 12.4. The highest BCUT2D eigenvalue weighted by atomic mass is 35.5. The molecule has 0 fully saturated rings. The number of hydrogen-bond donors (Lipinski definition) is 4. The van der Waals surface area contributed by atoms with E-state index < -0.39 is 47.7 Å². The van der Waals surface area contributed by atoms with E-state index in [1.807, 2.05) is 0 Å². The topological polar surface area (TPSA) is 179 Å². The zero-order valence-electron chi connectivity index (χ0n) is 21.5. The minimum absolute atomic E-state index is 0. The molecule has 2 atom stereocenters. The number of rotatable bonds is 13. The number of aromatic hydroxyl groups is 2. The number of Topliss-reactive ketones (excluding diaryl/α,β-unsaturated/α-hetero) is 2. The normalized spacial score (nSPS) is 12.4. The van der Waals surface area contributed by atoms with Crippen LogP contribution in [-0.2, 0) is 19.2 Å². The molecule has 0 unspecified atom stereocenters. The SMILES string of the molecule is COc1cc(/C=C/C(=O)CC(=O)/C=C/c2ccc(O)c(OC(C(=O)[C@H](C)N)C(=O)[C@H](C)N)c2)ccc1O.Cl.Cl. The van der Waals surface area contributed by atoms with Gasteiger partial charge in [-0.05, 0) is 61.4 Å². The lowest BCUT2D eigenvalue weighted by Crippen LogP contribution is -2.49. The number of hydrogen-bond acceptors (Lipinski definition) is 10. The Morgan fingerprint density at radius 2 is 1.21 bits per heavy atom. The monoisotopic (exact) mass is 582 g/mol. The van der Waals surface area contributed by atoms with E-state index in [0.717, 1.165) is 0 Å². The van der Waals surface area contributed by atoms with Gasteiger partial charge in [0, 0.05) is 0 Å². The van der Waals surface area contributed by atoms with Crippen molar-refractivity contribution in [3.05, 3.63) is 59.7 Å². The van der Waals surface area contributed by atoms with Crippen LogP contribution < -0.4 is 20.9 Å². The summed E-state index contributed by atoms with van der Waals surface area (Å²) >= 11 is 0. The number of methoxy groups -OCH3 is 1. The molecule has 6 N–H and O–H groups in total. The van der Waals surface area contributed by atoms with Gasteiger partial charge in [-0.25, -0.2) is 0 Å². The predicted molar refractivity (Wildman–Crippen MR) is 152 cm³/mol. The van der Waals surface area contributed by atoms with Gasteiger partial charge in [-0.15, -0.1) is 24.8 Å². The molecule has 2 rings (SSSR count). The molecule has 0 radical (unpaired) electrons. The number of nitrogens with two attached hydrogens (primary N) is 2. The van der Waals surface area contributed by atoms with Gasteiger partial charge < -0.3 is 31.2 Å². The molecule has 212 valence electrons. The van der Waals surface area contributed by atoms with Crippen LogP contribution in [0.15, 0.2) is 48.6 Å². The van der Waals surface area contributed by atoms with Crippen LogP contribution in [0, 0.1) is 0 Å². The highest BCUT2D eigenvalue weighted by Gasteiger charge is 2.33. The van der Waals surface area contributed by atoms with Gasteiger partial charge in [-0.3, -0.25) is 19.2 Å². The average Bonchev–Trinajstić information content (AvgIpc) is 2.85. The van der Waals surface area contributed by atoms with Crippen molar-refractivity contribution >= 4 is 60.1 Å². The molecule has 0 aromatic heterocycles. The first kappa shape index (κ1) is 35.3. The third-order valence-corrected chi connectivity index (χ3v) is 5.12. The smallest absolute Gasteiger partial charge is 0.218 e. The van der Waals surface area contributed by atoms with Gasteiger partial charge in [0.2, 0.25) is 6.10 Å². The summed E-state index contributed by atoms with van der Waals surface area (Å²) in [4.78, 5) is 49.2. The molecule has 39 heavy (non-hydrogen) atoms. The van der Waals surface area contributed by atoms with E-state index in [9.17, 15) is 29.4 Å². The molecule has 0 heterocycles. The predicted octanol–water partition coefficient (Wildman–Crippen LogP) is 2.78. The van der Waals surface area contributed by atoms with E-state index in [4.69, 9.17) is 20.9 Å². The molecule has 0 aliphatic heterocycles. The Bertz CT molecular complexity index is 1220. The number of allylic oxidation sites excluding steroid dienone is 2. The van der Waals surface area contributed by atoms with Crippen molar-refractivity contribution in [3.63, 3.8) is 0 Å². The number of ether oxygens (including phenoxy) is 2. The van der Waals surface area contributed by atoms with Gasteiger partial charge in [-0.1, -0.05) is 24.3 Å². The summed E-state index contributed by atoms with van der Waals surface area (Å²) in [6, 6.07) is 6.62. The van der Waals surface area contributed by atoms with Gasteiger partial charge in [-0.2, -0.15) is 0 Å². The summed E-state index contributed by atoms with van der Waals surface area (Å²) in [5.74, 6) is -2.62. The molecule has 0 spiro atoms. The van der Waals surface area contributed by atoms with Gasteiger partial charge >= 0.3 is 0 Å². The van der Waals surface area contributed by atoms with E-state index in [1.165, 1.54) is 69.5 Å². The Balaban J connectivity index is 0.00000722. The molecular formula is C27H32Cl2N2O8. The Labute approximate surface area is 238 Å². The molecule has 0 amide bonds. The lowest BCUT2D eigenvalue weighted by atomic mass is 10.0. The Hall–Kier alpha value is -3.70. The lowest BCUT2D eigenvalue weighted by molar-refractivity contribution is -0.138. The van der Waals surface area contributed by atoms with Crippen LogP contribution in [0.3, 0.4) is 0 Å². The summed E-state index contributed by atoms with van der Waals surface area (Å²) in [7, 11) is 1.40. The van der Waals surface area contributed by atoms with Gasteiger partial charge in [0.15, 0.2) is 46.1 Å². The quantitative estimate of drug-likeness (QED) is 0.202. The number of benzene rings is 2. The molecule has 0 aliphatic rings. The third kappa shape index (κ3) is 10.5. The first-order chi connectivity index (χ1) is 17.4. The fraction of sp³-hybridized carbons (Fsp3) is 0.259. The fourth-order valence-corrected chi connectivity index (χ4v) is 3.06. The molecule has 10 nitrogen and oxygen atoms in total. The van der Waals surface area contributed by atoms with E-state index >= 15 is 0 Å². The molecule has 0 saturated heterocycles. The molecule has 0 bridgehead atoms. The van der Waals surface area contributed by atoms with Crippen LogP contribution in [0.4, 0.5) is 0 Å². The largest absolute Gasteiger partial charge is 0.504 e. The van der Waals surface area contributed by atoms with E-state index in [1.54, 1.807) is 12.1 Å². The fourth-order valence-electron chi connectivity index (χ4n) is 3.06. The number of ketones is 4. The summed E-state index contributed by atoms with van der Waals surface area (Å²) in [6.07, 6.45) is 3.32. The Morgan fingerprint density at radius 3 is 1.62 bits per heavy atom. The van der Waals surface area contributed by atoms with Gasteiger partial charge in [0.05, 0.1) is 25.6 Å². The second kappa shape index (κ2) is 16.3. The van der Waals surface area contributed by atoms with Crippen molar-refractivity contribution in [2.45, 2.75) is 38.5 Å². The van der Waals surface area contributed by atoms with Gasteiger partial charge in [0.1, 0.15) is 0 Å². The van der Waals surface area contributed by atoms with E-state index in [2.05, 4.69) is 0 Å². The summed E-state index contributed by atoms with van der Waals surface area (Å²) in [5.41, 5.74) is 12.2. The second-order valence-corrected chi connectivity index (χ2v) is 8.31. The molecule has 0 saturated carbocycles. The number of carbonyl (C=O) groups is 4. The number of phenols is 2. The minimum atomic E-state index is -1.61. The van der Waals surface area contributed by atoms with Crippen molar-refractivity contribution < 1.29 is 38.9 Å². The maximum Gasteiger partial charge on any atom is 0.218 e. The van der Waals surface area contributed by atoms with Crippen LogP contribution in [0.1, 0.15) is 31.4 Å². The standard InChI is InChI=1S/C27H30N2O8.2ClH/c1-15(28)25(34)27(26(35)16(2)29)37-24-13-18(7-11-22(24)33)5-9-20(31)14-19(30)8-4-17-6-10-21(32)23(12-17)36-3;;/h4-13,15-16,27,32-33H,14,28-29H2,1-3H3;2*1H/b8-4+,9-5+;;/t15-,16-;;/m0../s1. The number of carbonyl (C=O) groups excluding carboxylic acids is 4.